The standard InChI is InChI=1S/C16H26N2O2/c1-5-7-17-15(16(19)20)6-8-18(4)14-10-12(2)9-13(3)11-14/h9-11,15,17H,5-8H2,1-4H3,(H,19,20). The van der Waals surface area contributed by atoms with Crippen molar-refractivity contribution >= 4 is 11.7 Å². The number of carbonyl (C=O) groups is 1. The molecular weight excluding hydrogens is 252 g/mol. The van der Waals surface area contributed by atoms with E-state index in [0.717, 1.165) is 25.2 Å². The zero-order valence-electron chi connectivity index (χ0n) is 12.9. The lowest BCUT2D eigenvalue weighted by Gasteiger charge is -2.23. The highest BCUT2D eigenvalue weighted by molar-refractivity contribution is 5.73. The average Bonchev–Trinajstić information content (AvgIpc) is 2.36. The molecule has 0 aromatic heterocycles. The highest BCUT2D eigenvalue weighted by Crippen LogP contribution is 2.17. The molecule has 1 aromatic rings. The third-order valence-corrected chi connectivity index (χ3v) is 3.34. The van der Waals surface area contributed by atoms with Gasteiger partial charge in [-0.3, -0.25) is 4.79 Å². The lowest BCUT2D eigenvalue weighted by Crippen LogP contribution is -2.39. The van der Waals surface area contributed by atoms with Gasteiger partial charge < -0.3 is 15.3 Å². The average molecular weight is 278 g/mol. The van der Waals surface area contributed by atoms with E-state index in [4.69, 9.17) is 0 Å². The van der Waals surface area contributed by atoms with Gasteiger partial charge in [-0.1, -0.05) is 13.0 Å². The molecule has 0 heterocycles. The molecule has 0 saturated heterocycles. The van der Waals surface area contributed by atoms with E-state index in [2.05, 4.69) is 42.3 Å². The quantitative estimate of drug-likeness (QED) is 0.767. The van der Waals surface area contributed by atoms with Gasteiger partial charge in [-0.2, -0.15) is 0 Å². The van der Waals surface area contributed by atoms with Crippen LogP contribution in [0.3, 0.4) is 0 Å². The normalized spacial score (nSPS) is 12.2. The lowest BCUT2D eigenvalue weighted by molar-refractivity contribution is -0.139. The highest BCUT2D eigenvalue weighted by Gasteiger charge is 2.16. The van der Waals surface area contributed by atoms with Crippen molar-refractivity contribution in [3.05, 3.63) is 29.3 Å². The lowest BCUT2D eigenvalue weighted by atomic mass is 10.1. The van der Waals surface area contributed by atoms with E-state index in [1.54, 1.807) is 0 Å². The number of carboxylic acid groups (broad SMARTS) is 1. The summed E-state index contributed by atoms with van der Waals surface area (Å²) in [6.07, 6.45) is 1.54. The van der Waals surface area contributed by atoms with Crippen molar-refractivity contribution in [1.82, 2.24) is 5.32 Å². The predicted molar refractivity (Wildman–Crippen MR) is 83.5 cm³/mol. The number of rotatable bonds is 8. The fraction of sp³-hybridized carbons (Fsp3) is 0.562. The molecule has 0 amide bonds. The van der Waals surface area contributed by atoms with Crippen LogP contribution in [0.25, 0.3) is 0 Å². The Labute approximate surface area is 121 Å². The Hall–Kier alpha value is -1.55. The molecule has 2 N–H and O–H groups in total. The molecule has 0 bridgehead atoms. The molecule has 112 valence electrons. The maximum atomic E-state index is 11.2. The molecule has 20 heavy (non-hydrogen) atoms. The van der Waals surface area contributed by atoms with Gasteiger partial charge in [0.15, 0.2) is 0 Å². The molecular formula is C16H26N2O2. The maximum Gasteiger partial charge on any atom is 0.320 e. The van der Waals surface area contributed by atoms with Crippen LogP contribution in [0.5, 0.6) is 0 Å². The topological polar surface area (TPSA) is 52.6 Å². The Bertz CT molecular complexity index is 426. The Morgan fingerprint density at radius 1 is 1.30 bits per heavy atom. The molecule has 0 radical (unpaired) electrons. The van der Waals surface area contributed by atoms with E-state index in [9.17, 15) is 9.90 Å². The van der Waals surface area contributed by atoms with Crippen molar-refractivity contribution in [3.8, 4) is 0 Å². The summed E-state index contributed by atoms with van der Waals surface area (Å²) in [6.45, 7) is 7.65. The first-order chi connectivity index (χ1) is 9.43. The fourth-order valence-electron chi connectivity index (χ4n) is 2.25. The van der Waals surface area contributed by atoms with Crippen LogP contribution < -0.4 is 10.2 Å². The summed E-state index contributed by atoms with van der Waals surface area (Å²) in [5.74, 6) is -0.771. The van der Waals surface area contributed by atoms with E-state index in [0.29, 0.717) is 6.42 Å². The van der Waals surface area contributed by atoms with Gasteiger partial charge in [0, 0.05) is 19.3 Å². The number of benzene rings is 1. The summed E-state index contributed by atoms with van der Waals surface area (Å²) in [5, 5.41) is 12.3. The summed E-state index contributed by atoms with van der Waals surface area (Å²) in [5.41, 5.74) is 3.60. The number of carboxylic acids is 1. The molecule has 0 aliphatic rings. The van der Waals surface area contributed by atoms with Crippen molar-refractivity contribution < 1.29 is 9.90 Å². The van der Waals surface area contributed by atoms with Gasteiger partial charge in [-0.05, 0) is 56.5 Å². The minimum absolute atomic E-state index is 0.469. The summed E-state index contributed by atoms with van der Waals surface area (Å²) >= 11 is 0. The number of hydrogen-bond donors (Lipinski definition) is 2. The van der Waals surface area contributed by atoms with Crippen molar-refractivity contribution in [3.63, 3.8) is 0 Å². The zero-order valence-corrected chi connectivity index (χ0v) is 12.9. The first-order valence-corrected chi connectivity index (χ1v) is 7.19. The number of aryl methyl sites for hydroxylation is 2. The Morgan fingerprint density at radius 2 is 1.90 bits per heavy atom. The molecule has 1 unspecified atom stereocenters. The van der Waals surface area contributed by atoms with Gasteiger partial charge >= 0.3 is 5.97 Å². The first-order valence-electron chi connectivity index (χ1n) is 7.19. The number of anilines is 1. The van der Waals surface area contributed by atoms with Gasteiger partial charge in [0.2, 0.25) is 0 Å². The van der Waals surface area contributed by atoms with Crippen LogP contribution in [-0.2, 0) is 4.79 Å². The van der Waals surface area contributed by atoms with E-state index in [-0.39, 0.29) is 0 Å². The second-order valence-electron chi connectivity index (χ2n) is 5.40. The largest absolute Gasteiger partial charge is 0.480 e. The smallest absolute Gasteiger partial charge is 0.320 e. The maximum absolute atomic E-state index is 11.2. The van der Waals surface area contributed by atoms with Crippen LogP contribution in [0.1, 0.15) is 30.9 Å². The number of hydrogen-bond acceptors (Lipinski definition) is 3. The van der Waals surface area contributed by atoms with Crippen molar-refractivity contribution in [2.75, 3.05) is 25.0 Å². The van der Waals surface area contributed by atoms with Crippen LogP contribution in [0.15, 0.2) is 18.2 Å². The molecule has 4 heteroatoms. The van der Waals surface area contributed by atoms with Crippen molar-refractivity contribution in [1.29, 1.82) is 0 Å². The van der Waals surface area contributed by atoms with Crippen LogP contribution in [0.4, 0.5) is 5.69 Å². The third kappa shape index (κ3) is 5.21. The van der Waals surface area contributed by atoms with Crippen LogP contribution in [-0.4, -0.2) is 37.3 Å². The number of aliphatic carboxylic acids is 1. The van der Waals surface area contributed by atoms with Gasteiger partial charge in [-0.25, -0.2) is 0 Å². The summed E-state index contributed by atoms with van der Waals surface area (Å²) in [7, 11) is 2.01. The van der Waals surface area contributed by atoms with Crippen molar-refractivity contribution in [2.24, 2.45) is 0 Å². The third-order valence-electron chi connectivity index (χ3n) is 3.34. The Balaban J connectivity index is 2.60. The molecule has 0 aliphatic carbocycles. The zero-order chi connectivity index (χ0) is 15.1. The van der Waals surface area contributed by atoms with Crippen LogP contribution >= 0.6 is 0 Å². The minimum atomic E-state index is -0.771. The summed E-state index contributed by atoms with van der Waals surface area (Å²) < 4.78 is 0. The van der Waals surface area contributed by atoms with Crippen LogP contribution in [0, 0.1) is 13.8 Å². The van der Waals surface area contributed by atoms with E-state index >= 15 is 0 Å². The number of nitrogens with zero attached hydrogens (tertiary/aromatic N) is 1. The fourth-order valence-corrected chi connectivity index (χ4v) is 2.25. The molecule has 0 saturated carbocycles. The van der Waals surface area contributed by atoms with Crippen LogP contribution in [0.2, 0.25) is 0 Å². The first kappa shape index (κ1) is 16.5. The second kappa shape index (κ2) is 7.90. The van der Waals surface area contributed by atoms with Gasteiger partial charge in [0.05, 0.1) is 0 Å². The molecule has 1 aromatic carbocycles. The van der Waals surface area contributed by atoms with Gasteiger partial charge in [0.25, 0.3) is 0 Å². The molecule has 0 aliphatic heterocycles. The van der Waals surface area contributed by atoms with Gasteiger partial charge in [0.1, 0.15) is 6.04 Å². The van der Waals surface area contributed by atoms with Gasteiger partial charge in [-0.15, -0.1) is 0 Å². The predicted octanol–water partition coefficient (Wildman–Crippen LogP) is 2.58. The number of nitrogens with one attached hydrogen (secondary N) is 1. The van der Waals surface area contributed by atoms with E-state index < -0.39 is 12.0 Å². The molecule has 4 nitrogen and oxygen atoms in total. The van der Waals surface area contributed by atoms with E-state index in [1.807, 2.05) is 14.0 Å². The summed E-state index contributed by atoms with van der Waals surface area (Å²) in [4.78, 5) is 13.3. The molecule has 1 atom stereocenters. The van der Waals surface area contributed by atoms with E-state index in [1.165, 1.54) is 11.1 Å². The highest BCUT2D eigenvalue weighted by atomic mass is 16.4. The summed E-state index contributed by atoms with van der Waals surface area (Å²) in [6, 6.07) is 5.92. The SMILES string of the molecule is CCCNC(CCN(C)c1cc(C)cc(C)c1)C(=O)O. The molecule has 1 rings (SSSR count). The second-order valence-corrected chi connectivity index (χ2v) is 5.40. The monoisotopic (exact) mass is 278 g/mol. The Morgan fingerprint density at radius 3 is 2.40 bits per heavy atom. The molecule has 0 fully saturated rings. The van der Waals surface area contributed by atoms with Crippen molar-refractivity contribution in [2.45, 2.75) is 39.7 Å². The molecule has 0 spiro atoms. The minimum Gasteiger partial charge on any atom is -0.480 e. The Kier molecular flexibility index (Phi) is 6.52.